The fraction of sp³-hybridized carbons (Fsp3) is 0.579. The molecule has 1 heterocycles. The second-order valence-corrected chi connectivity index (χ2v) is 6.17. The van der Waals surface area contributed by atoms with Gasteiger partial charge in [0, 0.05) is 6.54 Å². The largest absolute Gasteiger partial charge is 0.468 e. The zero-order valence-electron chi connectivity index (χ0n) is 14.6. The lowest BCUT2D eigenvalue weighted by atomic mass is 10.1. The van der Waals surface area contributed by atoms with Gasteiger partial charge in [-0.05, 0) is 18.4 Å². The normalized spacial score (nSPS) is 20.2. The zero-order chi connectivity index (χ0) is 17.4. The van der Waals surface area contributed by atoms with Crippen LogP contribution in [0, 0.1) is 0 Å². The second-order valence-electron chi connectivity index (χ2n) is 6.17. The Bertz CT molecular complexity index is 531. The predicted octanol–water partition coefficient (Wildman–Crippen LogP) is 2.58. The Morgan fingerprint density at radius 1 is 1.21 bits per heavy atom. The molecule has 1 aromatic carbocycles. The molecule has 1 aliphatic rings. The minimum absolute atomic E-state index is 0.228. The summed E-state index contributed by atoms with van der Waals surface area (Å²) >= 11 is 0. The smallest absolute Gasteiger partial charge is 0.324 e. The molecule has 24 heavy (non-hydrogen) atoms. The van der Waals surface area contributed by atoms with Crippen LogP contribution < -0.4 is 0 Å². The van der Waals surface area contributed by atoms with Crippen LogP contribution in [0.3, 0.4) is 0 Å². The summed E-state index contributed by atoms with van der Waals surface area (Å²) in [5.74, 6) is -0.537. The molecule has 0 N–H and O–H groups in total. The molecule has 0 amide bonds. The first-order chi connectivity index (χ1) is 11.7. The van der Waals surface area contributed by atoms with E-state index in [9.17, 15) is 9.59 Å². The molecule has 1 aromatic rings. The monoisotopic (exact) mass is 333 g/mol. The van der Waals surface area contributed by atoms with Crippen LogP contribution in [-0.4, -0.2) is 49.2 Å². The van der Waals surface area contributed by atoms with Gasteiger partial charge in [0.25, 0.3) is 0 Å². The number of nitrogens with zero attached hydrogens (tertiary/aromatic N) is 1. The minimum atomic E-state index is -0.435. The molecule has 5 heteroatoms. The van der Waals surface area contributed by atoms with Crippen LogP contribution in [0.4, 0.5) is 0 Å². The number of unbranched alkanes of at least 4 members (excludes halogenated alkanes) is 3. The first-order valence-electron chi connectivity index (χ1n) is 8.71. The summed E-state index contributed by atoms with van der Waals surface area (Å²) in [6.07, 6.45) is 4.83. The SMILES string of the molecule is CCCCCCOC(=O)[C@@H]1CN1[C@H](Cc1ccccc1)C(=O)OC. The summed E-state index contributed by atoms with van der Waals surface area (Å²) in [6.45, 7) is 3.17. The fourth-order valence-corrected chi connectivity index (χ4v) is 2.81. The summed E-state index contributed by atoms with van der Waals surface area (Å²) in [7, 11) is 1.38. The minimum Gasteiger partial charge on any atom is -0.468 e. The average molecular weight is 333 g/mol. The fourth-order valence-electron chi connectivity index (χ4n) is 2.81. The van der Waals surface area contributed by atoms with Crippen LogP contribution in [0.2, 0.25) is 0 Å². The van der Waals surface area contributed by atoms with Crippen molar-refractivity contribution in [2.45, 2.75) is 51.1 Å². The van der Waals surface area contributed by atoms with Gasteiger partial charge in [-0.25, -0.2) is 0 Å². The number of hydrogen-bond acceptors (Lipinski definition) is 5. The number of carbonyl (C=O) groups excluding carboxylic acids is 2. The van der Waals surface area contributed by atoms with Crippen molar-refractivity contribution in [3.8, 4) is 0 Å². The Kier molecular flexibility index (Phi) is 7.25. The van der Waals surface area contributed by atoms with Crippen molar-refractivity contribution in [1.29, 1.82) is 0 Å². The van der Waals surface area contributed by atoms with E-state index in [0.717, 1.165) is 31.2 Å². The molecule has 1 fully saturated rings. The maximum absolute atomic E-state index is 12.1. The van der Waals surface area contributed by atoms with Gasteiger partial charge in [0.15, 0.2) is 0 Å². The third-order valence-corrected chi connectivity index (χ3v) is 4.31. The zero-order valence-corrected chi connectivity index (χ0v) is 14.6. The number of methoxy groups -OCH3 is 1. The van der Waals surface area contributed by atoms with Crippen LogP contribution >= 0.6 is 0 Å². The van der Waals surface area contributed by atoms with Crippen LogP contribution in [0.15, 0.2) is 30.3 Å². The van der Waals surface area contributed by atoms with Gasteiger partial charge in [0.05, 0.1) is 13.7 Å². The van der Waals surface area contributed by atoms with E-state index in [1.54, 1.807) is 0 Å². The van der Waals surface area contributed by atoms with E-state index in [2.05, 4.69) is 6.92 Å². The van der Waals surface area contributed by atoms with Crippen molar-refractivity contribution in [3.63, 3.8) is 0 Å². The second kappa shape index (κ2) is 9.42. The molecule has 0 radical (unpaired) electrons. The van der Waals surface area contributed by atoms with E-state index in [1.807, 2.05) is 35.2 Å². The summed E-state index contributed by atoms with van der Waals surface area (Å²) in [5, 5.41) is 0. The lowest BCUT2D eigenvalue weighted by molar-refractivity contribution is -0.147. The molecule has 1 aliphatic heterocycles. The summed E-state index contributed by atoms with van der Waals surface area (Å²) < 4.78 is 10.2. The maximum Gasteiger partial charge on any atom is 0.324 e. The quantitative estimate of drug-likeness (QED) is 0.374. The number of hydrogen-bond donors (Lipinski definition) is 0. The molecular formula is C19H27NO4. The topological polar surface area (TPSA) is 55.6 Å². The highest BCUT2D eigenvalue weighted by molar-refractivity contribution is 5.83. The first-order valence-corrected chi connectivity index (χ1v) is 8.71. The van der Waals surface area contributed by atoms with Crippen molar-refractivity contribution in [2.24, 2.45) is 0 Å². The lowest BCUT2D eigenvalue weighted by Gasteiger charge is -2.16. The standard InChI is InChI=1S/C19H27NO4/c1-3-4-5-9-12-24-19(22)17-14-20(17)16(18(21)23-2)13-15-10-7-6-8-11-15/h6-8,10-11,16-17H,3-5,9,12-14H2,1-2H3/t16-,17+,20?/m1/s1. The molecule has 0 saturated carbocycles. The van der Waals surface area contributed by atoms with Gasteiger partial charge in [-0.2, -0.15) is 0 Å². The molecule has 0 spiro atoms. The van der Waals surface area contributed by atoms with Gasteiger partial charge >= 0.3 is 11.9 Å². The molecule has 0 aromatic heterocycles. The van der Waals surface area contributed by atoms with Crippen molar-refractivity contribution in [3.05, 3.63) is 35.9 Å². The molecule has 0 bridgehead atoms. The Balaban J connectivity index is 1.84. The van der Waals surface area contributed by atoms with E-state index in [-0.39, 0.29) is 18.0 Å². The Morgan fingerprint density at radius 3 is 2.62 bits per heavy atom. The summed E-state index contributed by atoms with van der Waals surface area (Å²) in [4.78, 5) is 26.0. The molecule has 0 aliphatic carbocycles. The maximum atomic E-state index is 12.1. The van der Waals surface area contributed by atoms with E-state index >= 15 is 0 Å². The van der Waals surface area contributed by atoms with Crippen molar-refractivity contribution in [2.75, 3.05) is 20.3 Å². The molecular weight excluding hydrogens is 306 g/mol. The van der Waals surface area contributed by atoms with Gasteiger partial charge in [-0.15, -0.1) is 0 Å². The van der Waals surface area contributed by atoms with E-state index in [1.165, 1.54) is 7.11 Å². The Hall–Kier alpha value is -1.88. The first kappa shape index (κ1) is 18.5. The summed E-state index contributed by atoms with van der Waals surface area (Å²) in [6, 6.07) is 9.01. The van der Waals surface area contributed by atoms with Gasteiger partial charge in [-0.3, -0.25) is 14.5 Å². The van der Waals surface area contributed by atoms with Crippen molar-refractivity contribution < 1.29 is 19.1 Å². The highest BCUT2D eigenvalue weighted by atomic mass is 16.5. The number of benzene rings is 1. The molecule has 2 rings (SSSR count). The van der Waals surface area contributed by atoms with Gasteiger partial charge in [0.1, 0.15) is 12.1 Å². The van der Waals surface area contributed by atoms with E-state index in [0.29, 0.717) is 19.6 Å². The van der Waals surface area contributed by atoms with Crippen molar-refractivity contribution in [1.82, 2.24) is 4.90 Å². The number of ether oxygens (including phenoxy) is 2. The number of rotatable bonds is 10. The highest BCUT2D eigenvalue weighted by Gasteiger charge is 2.48. The molecule has 5 nitrogen and oxygen atoms in total. The third-order valence-electron chi connectivity index (χ3n) is 4.31. The van der Waals surface area contributed by atoms with E-state index < -0.39 is 6.04 Å². The van der Waals surface area contributed by atoms with Crippen LogP contribution in [0.25, 0.3) is 0 Å². The van der Waals surface area contributed by atoms with Gasteiger partial charge in [0.2, 0.25) is 0 Å². The third kappa shape index (κ3) is 5.34. The Morgan fingerprint density at radius 2 is 1.96 bits per heavy atom. The van der Waals surface area contributed by atoms with Crippen molar-refractivity contribution >= 4 is 11.9 Å². The van der Waals surface area contributed by atoms with Crippen LogP contribution in [-0.2, 0) is 25.5 Å². The van der Waals surface area contributed by atoms with Crippen LogP contribution in [0.5, 0.6) is 0 Å². The highest BCUT2D eigenvalue weighted by Crippen LogP contribution is 2.26. The Labute approximate surface area is 143 Å². The van der Waals surface area contributed by atoms with Crippen LogP contribution in [0.1, 0.15) is 38.2 Å². The lowest BCUT2D eigenvalue weighted by Crippen LogP contribution is -2.35. The number of esters is 2. The average Bonchev–Trinajstić information content (AvgIpc) is 3.40. The molecule has 3 atom stereocenters. The van der Waals surface area contributed by atoms with Gasteiger partial charge in [-0.1, -0.05) is 56.5 Å². The number of carbonyl (C=O) groups is 2. The molecule has 1 unspecified atom stereocenters. The summed E-state index contributed by atoms with van der Waals surface area (Å²) in [5.41, 5.74) is 1.05. The molecule has 132 valence electrons. The predicted molar refractivity (Wildman–Crippen MR) is 91.5 cm³/mol. The van der Waals surface area contributed by atoms with Gasteiger partial charge < -0.3 is 9.47 Å². The molecule has 1 saturated heterocycles. The van der Waals surface area contributed by atoms with E-state index in [4.69, 9.17) is 9.47 Å².